The molecule has 2 rings (SSSR count). The Kier molecular flexibility index (Phi) is 4.57. The van der Waals surface area contributed by atoms with Crippen LogP contribution in [0.4, 0.5) is 10.5 Å². The zero-order valence-electron chi connectivity index (χ0n) is 12.2. The van der Waals surface area contributed by atoms with E-state index < -0.39 is 0 Å². The second kappa shape index (κ2) is 6.22. The second-order valence-electron chi connectivity index (χ2n) is 5.23. The standard InChI is InChI=1S/C14H19ClN4O2/c1-17(2)14(21)19-5-3-18(4-6-19)13(20)10-7-11(15)9-12(16)8-10/h7-9H,3-6,16H2,1-2H3. The maximum atomic E-state index is 12.4. The Morgan fingerprint density at radius 1 is 1.10 bits per heavy atom. The maximum Gasteiger partial charge on any atom is 0.319 e. The number of amides is 3. The van der Waals surface area contributed by atoms with E-state index in [0.29, 0.717) is 42.5 Å². The number of rotatable bonds is 1. The summed E-state index contributed by atoms with van der Waals surface area (Å²) in [7, 11) is 3.43. The highest BCUT2D eigenvalue weighted by Gasteiger charge is 2.25. The summed E-state index contributed by atoms with van der Waals surface area (Å²) in [6.07, 6.45) is 0. The number of nitrogen functional groups attached to an aromatic ring is 1. The van der Waals surface area contributed by atoms with Gasteiger partial charge in [-0.1, -0.05) is 11.6 Å². The molecule has 0 spiro atoms. The van der Waals surface area contributed by atoms with Crippen molar-refractivity contribution in [2.24, 2.45) is 0 Å². The van der Waals surface area contributed by atoms with Gasteiger partial charge in [0.05, 0.1) is 0 Å². The SMILES string of the molecule is CN(C)C(=O)N1CCN(C(=O)c2cc(N)cc(Cl)c2)CC1. The van der Waals surface area contributed by atoms with Gasteiger partial charge >= 0.3 is 6.03 Å². The Balaban J connectivity index is 2.02. The molecule has 1 heterocycles. The molecule has 3 amide bonds. The zero-order chi connectivity index (χ0) is 15.6. The minimum absolute atomic E-state index is 0.0332. The van der Waals surface area contributed by atoms with Crippen molar-refractivity contribution < 1.29 is 9.59 Å². The van der Waals surface area contributed by atoms with Crippen molar-refractivity contribution in [1.82, 2.24) is 14.7 Å². The molecule has 1 aromatic rings. The van der Waals surface area contributed by atoms with E-state index in [2.05, 4.69) is 0 Å². The average Bonchev–Trinajstić information content (AvgIpc) is 2.44. The van der Waals surface area contributed by atoms with Crippen LogP contribution in [0.15, 0.2) is 18.2 Å². The van der Waals surface area contributed by atoms with E-state index >= 15 is 0 Å². The molecule has 114 valence electrons. The van der Waals surface area contributed by atoms with Gasteiger partial charge in [-0.25, -0.2) is 4.79 Å². The van der Waals surface area contributed by atoms with Crippen LogP contribution >= 0.6 is 11.6 Å². The number of halogens is 1. The number of nitrogens with two attached hydrogens (primary N) is 1. The molecule has 0 aliphatic carbocycles. The Labute approximate surface area is 129 Å². The van der Waals surface area contributed by atoms with Crippen molar-refractivity contribution >= 4 is 29.2 Å². The summed E-state index contributed by atoms with van der Waals surface area (Å²) in [6.45, 7) is 2.06. The third-order valence-electron chi connectivity index (χ3n) is 3.39. The summed E-state index contributed by atoms with van der Waals surface area (Å²) < 4.78 is 0. The molecule has 6 nitrogen and oxygen atoms in total. The van der Waals surface area contributed by atoms with Crippen LogP contribution in [0, 0.1) is 0 Å². The fourth-order valence-electron chi connectivity index (χ4n) is 2.30. The Morgan fingerprint density at radius 2 is 1.67 bits per heavy atom. The van der Waals surface area contributed by atoms with Crippen LogP contribution in [0.2, 0.25) is 5.02 Å². The van der Waals surface area contributed by atoms with Gasteiger partial charge in [-0.2, -0.15) is 0 Å². The van der Waals surface area contributed by atoms with Gasteiger partial charge < -0.3 is 20.4 Å². The van der Waals surface area contributed by atoms with Gasteiger partial charge in [0.2, 0.25) is 0 Å². The second-order valence-corrected chi connectivity index (χ2v) is 5.67. The predicted octanol–water partition coefficient (Wildman–Crippen LogP) is 1.36. The van der Waals surface area contributed by atoms with Gasteiger partial charge in [0.1, 0.15) is 0 Å². The van der Waals surface area contributed by atoms with E-state index in [-0.39, 0.29) is 11.9 Å². The normalized spacial score (nSPS) is 15.0. The first-order chi connectivity index (χ1) is 9.88. The number of urea groups is 1. The maximum absolute atomic E-state index is 12.4. The number of carbonyl (C=O) groups is 2. The monoisotopic (exact) mass is 310 g/mol. The van der Waals surface area contributed by atoms with Crippen molar-refractivity contribution in [2.75, 3.05) is 46.0 Å². The van der Waals surface area contributed by atoms with E-state index in [1.165, 1.54) is 4.90 Å². The average molecular weight is 311 g/mol. The molecule has 0 atom stereocenters. The first-order valence-corrected chi connectivity index (χ1v) is 7.08. The fraction of sp³-hybridized carbons (Fsp3) is 0.429. The lowest BCUT2D eigenvalue weighted by atomic mass is 10.1. The van der Waals surface area contributed by atoms with Gasteiger partial charge in [-0.05, 0) is 18.2 Å². The zero-order valence-corrected chi connectivity index (χ0v) is 12.9. The highest BCUT2D eigenvalue weighted by atomic mass is 35.5. The molecule has 1 aliphatic rings. The van der Waals surface area contributed by atoms with Crippen molar-refractivity contribution in [3.05, 3.63) is 28.8 Å². The Hall–Kier alpha value is -1.95. The van der Waals surface area contributed by atoms with Crippen LogP contribution in [0.1, 0.15) is 10.4 Å². The molecule has 1 saturated heterocycles. The van der Waals surface area contributed by atoms with E-state index in [4.69, 9.17) is 17.3 Å². The van der Waals surface area contributed by atoms with E-state index in [9.17, 15) is 9.59 Å². The van der Waals surface area contributed by atoms with Gasteiger partial charge in [-0.3, -0.25) is 4.79 Å². The molecule has 21 heavy (non-hydrogen) atoms. The van der Waals surface area contributed by atoms with Gasteiger partial charge in [0.25, 0.3) is 5.91 Å². The first kappa shape index (κ1) is 15.4. The summed E-state index contributed by atoms with van der Waals surface area (Å²) in [5.74, 6) is -0.110. The molecule has 0 saturated carbocycles. The summed E-state index contributed by atoms with van der Waals surface area (Å²) in [6, 6.07) is 4.80. The van der Waals surface area contributed by atoms with Crippen molar-refractivity contribution in [1.29, 1.82) is 0 Å². The van der Waals surface area contributed by atoms with Crippen molar-refractivity contribution in [3.63, 3.8) is 0 Å². The minimum Gasteiger partial charge on any atom is -0.399 e. The molecule has 0 aromatic heterocycles. The topological polar surface area (TPSA) is 69.9 Å². The smallest absolute Gasteiger partial charge is 0.319 e. The fourth-order valence-corrected chi connectivity index (χ4v) is 2.55. The first-order valence-electron chi connectivity index (χ1n) is 6.70. The third kappa shape index (κ3) is 3.58. The van der Waals surface area contributed by atoms with Crippen LogP contribution in [0.25, 0.3) is 0 Å². The molecule has 0 bridgehead atoms. The van der Waals surface area contributed by atoms with Crippen LogP contribution in [0.5, 0.6) is 0 Å². The number of piperazine rings is 1. The molecule has 0 unspecified atom stereocenters. The van der Waals surface area contributed by atoms with Crippen molar-refractivity contribution in [2.45, 2.75) is 0 Å². The summed E-state index contributed by atoms with van der Waals surface area (Å²) >= 11 is 5.92. The quantitative estimate of drug-likeness (QED) is 0.796. The molecule has 0 radical (unpaired) electrons. The summed E-state index contributed by atoms with van der Waals surface area (Å²) in [4.78, 5) is 29.2. The number of carbonyl (C=O) groups excluding carboxylic acids is 2. The number of hydrogen-bond donors (Lipinski definition) is 1. The molecular weight excluding hydrogens is 292 g/mol. The van der Waals surface area contributed by atoms with Crippen LogP contribution in [-0.2, 0) is 0 Å². The molecule has 1 fully saturated rings. The number of nitrogens with zero attached hydrogens (tertiary/aromatic N) is 3. The predicted molar refractivity (Wildman–Crippen MR) is 82.4 cm³/mol. The van der Waals surface area contributed by atoms with Gasteiger partial charge in [0, 0.05) is 56.5 Å². The van der Waals surface area contributed by atoms with E-state index in [1.54, 1.807) is 42.1 Å². The molecule has 2 N–H and O–H groups in total. The van der Waals surface area contributed by atoms with Crippen molar-refractivity contribution in [3.8, 4) is 0 Å². The van der Waals surface area contributed by atoms with Crippen LogP contribution < -0.4 is 5.73 Å². The lowest BCUT2D eigenvalue weighted by molar-refractivity contribution is 0.0650. The summed E-state index contributed by atoms with van der Waals surface area (Å²) in [5.41, 5.74) is 6.65. The lowest BCUT2D eigenvalue weighted by Crippen LogP contribution is -2.52. The van der Waals surface area contributed by atoms with E-state index in [1.807, 2.05) is 0 Å². The van der Waals surface area contributed by atoms with Crippen LogP contribution in [0.3, 0.4) is 0 Å². The summed E-state index contributed by atoms with van der Waals surface area (Å²) in [5, 5.41) is 0.444. The Bertz CT molecular complexity index is 534. The van der Waals surface area contributed by atoms with E-state index in [0.717, 1.165) is 0 Å². The molecule has 7 heteroatoms. The number of hydrogen-bond acceptors (Lipinski definition) is 3. The Morgan fingerprint density at radius 3 is 2.19 bits per heavy atom. The van der Waals surface area contributed by atoms with Crippen LogP contribution in [-0.4, -0.2) is 66.9 Å². The molecule has 1 aliphatic heterocycles. The highest BCUT2D eigenvalue weighted by molar-refractivity contribution is 6.31. The van der Waals surface area contributed by atoms with Gasteiger partial charge in [-0.15, -0.1) is 0 Å². The minimum atomic E-state index is -0.110. The number of anilines is 1. The lowest BCUT2D eigenvalue weighted by Gasteiger charge is -2.36. The molecular formula is C14H19ClN4O2. The number of benzene rings is 1. The third-order valence-corrected chi connectivity index (χ3v) is 3.61. The highest BCUT2D eigenvalue weighted by Crippen LogP contribution is 2.18. The van der Waals surface area contributed by atoms with Gasteiger partial charge in [0.15, 0.2) is 0 Å². The largest absolute Gasteiger partial charge is 0.399 e. The molecule has 1 aromatic carbocycles.